The number of hydrogen-bond acceptors (Lipinski definition) is 6. The molecule has 3 heterocycles. The average Bonchev–Trinajstić information content (AvgIpc) is 2.99. The fourth-order valence-electron chi connectivity index (χ4n) is 3.05. The summed E-state index contributed by atoms with van der Waals surface area (Å²) in [7, 11) is 5.92. The van der Waals surface area contributed by atoms with E-state index >= 15 is 0 Å². The van der Waals surface area contributed by atoms with Gasteiger partial charge in [-0.25, -0.2) is 0 Å². The first kappa shape index (κ1) is 17.5. The van der Waals surface area contributed by atoms with Gasteiger partial charge in [-0.15, -0.1) is 5.10 Å². The van der Waals surface area contributed by atoms with Crippen molar-refractivity contribution in [2.24, 2.45) is 7.05 Å². The van der Waals surface area contributed by atoms with Gasteiger partial charge in [-0.3, -0.25) is 14.5 Å². The van der Waals surface area contributed by atoms with Crippen LogP contribution >= 0.6 is 0 Å². The quantitative estimate of drug-likeness (QED) is 0.712. The fourth-order valence-corrected chi connectivity index (χ4v) is 3.05. The third-order valence-electron chi connectivity index (χ3n) is 4.31. The lowest BCUT2D eigenvalue weighted by atomic mass is 9.98. The maximum absolute atomic E-state index is 12.8. The van der Waals surface area contributed by atoms with Crippen molar-refractivity contribution in [2.45, 2.75) is 12.5 Å². The molecule has 134 valence electrons. The molecule has 1 aliphatic rings. The van der Waals surface area contributed by atoms with E-state index in [0.717, 1.165) is 17.9 Å². The van der Waals surface area contributed by atoms with Crippen molar-refractivity contribution in [3.63, 3.8) is 0 Å². The molecule has 2 aromatic rings. The molecule has 0 aromatic carbocycles. The zero-order chi connectivity index (χ0) is 17.8. The Morgan fingerprint density at radius 1 is 1.44 bits per heavy atom. The van der Waals surface area contributed by atoms with Gasteiger partial charge in [0.1, 0.15) is 5.69 Å². The maximum atomic E-state index is 12.8. The van der Waals surface area contributed by atoms with Crippen LogP contribution < -0.4 is 0 Å². The summed E-state index contributed by atoms with van der Waals surface area (Å²) in [6.07, 6.45) is 3.26. The van der Waals surface area contributed by atoms with Gasteiger partial charge in [-0.1, -0.05) is 5.21 Å². The molecule has 0 radical (unpaired) electrons. The Bertz CT molecular complexity index is 715. The molecule has 8 heteroatoms. The molecule has 3 rings (SSSR count). The molecule has 0 bridgehead atoms. The number of rotatable bonds is 6. The molecule has 8 nitrogen and oxygen atoms in total. The average molecular weight is 344 g/mol. The molecule has 2 aromatic heterocycles. The Balaban J connectivity index is 1.73. The number of nitrogens with zero attached hydrogens (tertiary/aromatic N) is 6. The maximum Gasteiger partial charge on any atom is 0.255 e. The number of likely N-dealkylation sites (N-methyl/N-ethyl adjacent to an activating group) is 1. The predicted molar refractivity (Wildman–Crippen MR) is 92.1 cm³/mol. The van der Waals surface area contributed by atoms with E-state index in [9.17, 15) is 4.79 Å². The number of fused-ring (bicyclic) bond motifs is 1. The topological polar surface area (TPSA) is 76.4 Å². The van der Waals surface area contributed by atoms with Gasteiger partial charge < -0.3 is 14.5 Å². The molecule has 1 amide bonds. The lowest BCUT2D eigenvalue weighted by molar-refractivity contribution is 0.0613. The second-order valence-corrected chi connectivity index (χ2v) is 6.55. The number of hydrogen-bond donors (Lipinski definition) is 0. The SMILES string of the molecule is CN(C)CCOC[C@H]1CN(C(=O)c2cccnc2)Cc2nnn(C)c21. The van der Waals surface area contributed by atoms with Gasteiger partial charge in [0.15, 0.2) is 0 Å². The number of carbonyl (C=O) groups is 1. The zero-order valence-corrected chi connectivity index (χ0v) is 14.9. The van der Waals surface area contributed by atoms with Crippen LogP contribution in [-0.4, -0.2) is 76.1 Å². The molecule has 25 heavy (non-hydrogen) atoms. The highest BCUT2D eigenvalue weighted by Crippen LogP contribution is 2.27. The van der Waals surface area contributed by atoms with Gasteiger partial charge in [0, 0.05) is 38.4 Å². The summed E-state index contributed by atoms with van der Waals surface area (Å²) in [6, 6.07) is 3.55. The van der Waals surface area contributed by atoms with Crippen LogP contribution in [0.1, 0.15) is 27.7 Å². The first-order valence-electron chi connectivity index (χ1n) is 8.36. The first-order valence-corrected chi connectivity index (χ1v) is 8.36. The van der Waals surface area contributed by atoms with E-state index in [1.54, 1.807) is 34.1 Å². The minimum Gasteiger partial charge on any atom is -0.379 e. The highest BCUT2D eigenvalue weighted by molar-refractivity contribution is 5.94. The standard InChI is InChI=1S/C17H24N6O2/c1-21(2)7-8-25-12-14-10-23(11-15-16(14)22(3)20-19-15)17(24)13-5-4-6-18-9-13/h4-6,9,14H,7-8,10-12H2,1-3H3/t14-/m1/s1. The van der Waals surface area contributed by atoms with Crippen LogP contribution in [-0.2, 0) is 18.3 Å². The molecule has 0 spiro atoms. The van der Waals surface area contributed by atoms with Gasteiger partial charge in [0.2, 0.25) is 0 Å². The molecule has 0 saturated carbocycles. The number of pyridine rings is 1. The Morgan fingerprint density at radius 3 is 3.00 bits per heavy atom. The van der Waals surface area contributed by atoms with Crippen LogP contribution in [0.5, 0.6) is 0 Å². The lowest BCUT2D eigenvalue weighted by Crippen LogP contribution is -2.40. The number of amides is 1. The summed E-state index contributed by atoms with van der Waals surface area (Å²) in [5.74, 6) is 0.0224. The van der Waals surface area contributed by atoms with Crippen molar-refractivity contribution in [3.05, 3.63) is 41.5 Å². The second kappa shape index (κ2) is 7.71. The summed E-state index contributed by atoms with van der Waals surface area (Å²) < 4.78 is 7.63. The summed E-state index contributed by atoms with van der Waals surface area (Å²) in [5.41, 5.74) is 2.48. The molecular weight excluding hydrogens is 320 g/mol. The molecule has 0 aliphatic carbocycles. The van der Waals surface area contributed by atoms with E-state index in [4.69, 9.17) is 4.74 Å². The molecule has 0 saturated heterocycles. The summed E-state index contributed by atoms with van der Waals surface area (Å²) in [6.45, 7) is 3.11. The van der Waals surface area contributed by atoms with Crippen molar-refractivity contribution in [1.82, 2.24) is 29.8 Å². The van der Waals surface area contributed by atoms with Crippen LogP contribution in [0, 0.1) is 0 Å². The van der Waals surface area contributed by atoms with E-state index in [-0.39, 0.29) is 11.8 Å². The third-order valence-corrected chi connectivity index (χ3v) is 4.31. The van der Waals surface area contributed by atoms with E-state index in [0.29, 0.717) is 31.9 Å². The van der Waals surface area contributed by atoms with Gasteiger partial charge in [0.25, 0.3) is 5.91 Å². The zero-order valence-electron chi connectivity index (χ0n) is 14.9. The minimum atomic E-state index is -0.0392. The van der Waals surface area contributed by atoms with Crippen molar-refractivity contribution < 1.29 is 9.53 Å². The normalized spacial score (nSPS) is 17.0. The van der Waals surface area contributed by atoms with E-state index in [2.05, 4.69) is 20.2 Å². The smallest absolute Gasteiger partial charge is 0.255 e. The molecule has 0 fully saturated rings. The number of carbonyl (C=O) groups excluding carboxylic acids is 1. The van der Waals surface area contributed by atoms with Gasteiger partial charge in [-0.2, -0.15) is 0 Å². The van der Waals surface area contributed by atoms with Crippen molar-refractivity contribution in [3.8, 4) is 0 Å². The lowest BCUT2D eigenvalue weighted by Gasteiger charge is -2.32. The summed E-state index contributed by atoms with van der Waals surface area (Å²) in [4.78, 5) is 20.7. The molecular formula is C17H24N6O2. The highest BCUT2D eigenvalue weighted by Gasteiger charge is 2.32. The molecule has 0 N–H and O–H groups in total. The monoisotopic (exact) mass is 344 g/mol. The second-order valence-electron chi connectivity index (χ2n) is 6.55. The number of aryl methyl sites for hydroxylation is 1. The summed E-state index contributed by atoms with van der Waals surface area (Å²) >= 11 is 0. The predicted octanol–water partition coefficient (Wildman–Crippen LogP) is 0.528. The Labute approximate surface area is 147 Å². The van der Waals surface area contributed by atoms with Crippen LogP contribution in [0.4, 0.5) is 0 Å². The number of aromatic nitrogens is 4. The van der Waals surface area contributed by atoms with Crippen LogP contribution in [0.25, 0.3) is 0 Å². The summed E-state index contributed by atoms with van der Waals surface area (Å²) in [5, 5.41) is 8.35. The van der Waals surface area contributed by atoms with Crippen molar-refractivity contribution in [1.29, 1.82) is 0 Å². The largest absolute Gasteiger partial charge is 0.379 e. The fraction of sp³-hybridized carbons (Fsp3) is 0.529. The van der Waals surface area contributed by atoms with Gasteiger partial charge in [-0.05, 0) is 26.2 Å². The van der Waals surface area contributed by atoms with E-state index in [1.807, 2.05) is 21.1 Å². The van der Waals surface area contributed by atoms with Crippen molar-refractivity contribution >= 4 is 5.91 Å². The first-order chi connectivity index (χ1) is 12.1. The van der Waals surface area contributed by atoms with E-state index in [1.165, 1.54) is 0 Å². The van der Waals surface area contributed by atoms with Crippen LogP contribution in [0.3, 0.4) is 0 Å². The molecule has 1 aliphatic heterocycles. The molecule has 0 unspecified atom stereocenters. The Morgan fingerprint density at radius 2 is 2.28 bits per heavy atom. The third kappa shape index (κ3) is 4.02. The Hall–Kier alpha value is -2.32. The minimum absolute atomic E-state index is 0.0392. The van der Waals surface area contributed by atoms with Crippen LogP contribution in [0.2, 0.25) is 0 Å². The van der Waals surface area contributed by atoms with Gasteiger partial charge >= 0.3 is 0 Å². The van der Waals surface area contributed by atoms with E-state index < -0.39 is 0 Å². The number of ether oxygens (including phenoxy) is 1. The van der Waals surface area contributed by atoms with Gasteiger partial charge in [0.05, 0.1) is 31.0 Å². The van der Waals surface area contributed by atoms with Crippen molar-refractivity contribution in [2.75, 3.05) is 40.4 Å². The highest BCUT2D eigenvalue weighted by atomic mass is 16.5. The molecule has 1 atom stereocenters. The Kier molecular flexibility index (Phi) is 5.40. The van der Waals surface area contributed by atoms with Crippen LogP contribution in [0.15, 0.2) is 24.5 Å².